The molecule has 0 saturated heterocycles. The van der Waals surface area contributed by atoms with Gasteiger partial charge in [-0.1, -0.05) is 18.2 Å². The molecule has 0 unspecified atom stereocenters. The summed E-state index contributed by atoms with van der Waals surface area (Å²) in [6.07, 6.45) is 0.924. The number of hydrogen-bond donors (Lipinski definition) is 0. The number of aromatic nitrogens is 1. The largest absolute Gasteiger partial charge is 0.456 e. The van der Waals surface area contributed by atoms with Crippen LogP contribution in [0.5, 0.6) is 0 Å². The number of amides is 1. The molecule has 0 fully saturated rings. The third-order valence-corrected chi connectivity index (χ3v) is 6.30. The van der Waals surface area contributed by atoms with Gasteiger partial charge in [-0.15, -0.1) is 22.7 Å². The second-order valence-corrected chi connectivity index (χ2v) is 8.03. The van der Waals surface area contributed by atoms with Crippen molar-refractivity contribution in [2.75, 3.05) is 13.7 Å². The van der Waals surface area contributed by atoms with Gasteiger partial charge >= 0.3 is 5.97 Å². The average Bonchev–Trinajstić information content (AvgIpc) is 3.32. The lowest BCUT2D eigenvalue weighted by Gasteiger charge is -2.23. The first kappa shape index (κ1) is 18.5. The van der Waals surface area contributed by atoms with Gasteiger partial charge in [-0.3, -0.25) is 9.59 Å². The molecule has 0 bridgehead atoms. The van der Waals surface area contributed by atoms with Crippen LogP contribution < -0.4 is 0 Å². The molecular weight excluding hydrogens is 368 g/mol. The monoisotopic (exact) mass is 388 g/mol. The number of hydrogen-bond acceptors (Lipinski definition) is 6. The van der Waals surface area contributed by atoms with Crippen LogP contribution in [0.1, 0.15) is 29.3 Å². The number of thiophene rings is 1. The molecule has 0 aliphatic rings. The van der Waals surface area contributed by atoms with E-state index in [1.807, 2.05) is 48.7 Å². The Bertz CT molecular complexity index is 856. The molecule has 2 aromatic heterocycles. The summed E-state index contributed by atoms with van der Waals surface area (Å²) in [6.45, 7) is 1.68. The molecule has 0 aliphatic carbocycles. The lowest BCUT2D eigenvalue weighted by molar-refractivity contribution is -0.152. The van der Waals surface area contributed by atoms with Crippen LogP contribution >= 0.6 is 22.7 Å². The van der Waals surface area contributed by atoms with Crippen molar-refractivity contribution in [3.63, 3.8) is 0 Å². The van der Waals surface area contributed by atoms with Crippen LogP contribution in [-0.4, -0.2) is 35.4 Å². The minimum atomic E-state index is -0.354. The number of carbonyl (C=O) groups is 2. The number of esters is 1. The van der Waals surface area contributed by atoms with E-state index in [1.54, 1.807) is 34.6 Å². The maximum atomic E-state index is 12.3. The van der Waals surface area contributed by atoms with Crippen LogP contribution in [0, 0.1) is 0 Å². The van der Waals surface area contributed by atoms with E-state index >= 15 is 0 Å². The summed E-state index contributed by atoms with van der Waals surface area (Å²) < 4.78 is 6.22. The van der Waals surface area contributed by atoms with Gasteiger partial charge in [0.15, 0.2) is 6.61 Å². The molecule has 0 radical (unpaired) electrons. The van der Waals surface area contributed by atoms with Crippen LogP contribution in [0.2, 0.25) is 0 Å². The van der Waals surface area contributed by atoms with E-state index in [9.17, 15) is 9.59 Å². The van der Waals surface area contributed by atoms with Crippen molar-refractivity contribution < 1.29 is 14.3 Å². The van der Waals surface area contributed by atoms with Crippen molar-refractivity contribution in [1.29, 1.82) is 0 Å². The Hall–Kier alpha value is -2.25. The first-order chi connectivity index (χ1) is 12.5. The van der Waals surface area contributed by atoms with Crippen LogP contribution in [0.15, 0.2) is 41.8 Å². The molecule has 1 aromatic carbocycles. The van der Waals surface area contributed by atoms with E-state index in [4.69, 9.17) is 4.74 Å². The average molecular weight is 389 g/mol. The molecule has 0 spiro atoms. The van der Waals surface area contributed by atoms with Crippen molar-refractivity contribution >= 4 is 44.8 Å². The van der Waals surface area contributed by atoms with Gasteiger partial charge in [0.25, 0.3) is 5.91 Å². The van der Waals surface area contributed by atoms with E-state index in [1.165, 1.54) is 0 Å². The summed E-state index contributed by atoms with van der Waals surface area (Å²) in [7, 11) is 1.71. The van der Waals surface area contributed by atoms with Gasteiger partial charge in [0.1, 0.15) is 5.01 Å². The normalized spacial score (nSPS) is 12.1. The Morgan fingerprint density at radius 2 is 2.04 bits per heavy atom. The summed E-state index contributed by atoms with van der Waals surface area (Å²) in [4.78, 5) is 31.5. The molecule has 1 atom stereocenters. The van der Waals surface area contributed by atoms with Gasteiger partial charge in [0, 0.05) is 11.9 Å². The number of benzene rings is 1. The Morgan fingerprint density at radius 3 is 2.77 bits per heavy atom. The van der Waals surface area contributed by atoms with Crippen LogP contribution in [-0.2, 0) is 20.7 Å². The molecule has 1 amide bonds. The molecule has 136 valence electrons. The summed E-state index contributed by atoms with van der Waals surface area (Å²) in [5.74, 6) is -0.589. The van der Waals surface area contributed by atoms with E-state index in [-0.39, 0.29) is 30.9 Å². The molecular formula is C19H20N2O3S2. The number of thiazole rings is 1. The zero-order valence-corrected chi connectivity index (χ0v) is 16.3. The van der Waals surface area contributed by atoms with Gasteiger partial charge in [0.2, 0.25) is 0 Å². The molecule has 5 nitrogen and oxygen atoms in total. The SMILES string of the molecule is C[C@H](c1nc2ccccc2s1)N(C)C(=O)COC(=O)CCc1cccs1. The summed E-state index contributed by atoms with van der Waals surface area (Å²) in [6, 6.07) is 11.6. The fraction of sp³-hybridized carbons (Fsp3) is 0.316. The van der Waals surface area contributed by atoms with Crippen LogP contribution in [0.25, 0.3) is 10.2 Å². The Kier molecular flexibility index (Phi) is 6.00. The predicted octanol–water partition coefficient (Wildman–Crippen LogP) is 4.05. The number of para-hydroxylation sites is 1. The number of fused-ring (bicyclic) bond motifs is 1. The van der Waals surface area contributed by atoms with Crippen LogP contribution in [0.3, 0.4) is 0 Å². The van der Waals surface area contributed by atoms with Crippen molar-refractivity contribution in [2.24, 2.45) is 0 Å². The molecule has 0 saturated carbocycles. The summed E-state index contributed by atoms with van der Waals surface area (Å²) in [5.41, 5.74) is 0.931. The number of nitrogens with zero attached hydrogens (tertiary/aromatic N) is 2. The fourth-order valence-electron chi connectivity index (χ4n) is 2.45. The highest BCUT2D eigenvalue weighted by Gasteiger charge is 2.21. The van der Waals surface area contributed by atoms with E-state index < -0.39 is 0 Å². The second-order valence-electron chi connectivity index (χ2n) is 5.94. The highest BCUT2D eigenvalue weighted by atomic mass is 32.1. The lowest BCUT2D eigenvalue weighted by Crippen LogP contribution is -2.33. The second kappa shape index (κ2) is 8.42. The van der Waals surface area contributed by atoms with Crippen molar-refractivity contribution in [1.82, 2.24) is 9.88 Å². The predicted molar refractivity (Wildman–Crippen MR) is 104 cm³/mol. The van der Waals surface area contributed by atoms with Crippen LogP contribution in [0.4, 0.5) is 0 Å². The van der Waals surface area contributed by atoms with E-state index in [0.29, 0.717) is 6.42 Å². The number of aryl methyl sites for hydroxylation is 1. The summed E-state index contributed by atoms with van der Waals surface area (Å²) >= 11 is 3.18. The maximum Gasteiger partial charge on any atom is 0.306 e. The Morgan fingerprint density at radius 1 is 1.23 bits per heavy atom. The first-order valence-electron chi connectivity index (χ1n) is 8.33. The number of carbonyl (C=O) groups excluding carboxylic acids is 2. The zero-order chi connectivity index (χ0) is 18.5. The third kappa shape index (κ3) is 4.47. The minimum Gasteiger partial charge on any atom is -0.456 e. The number of ether oxygens (including phenoxy) is 1. The molecule has 3 rings (SSSR count). The summed E-state index contributed by atoms with van der Waals surface area (Å²) in [5, 5.41) is 2.84. The van der Waals surface area contributed by atoms with Crippen molar-refractivity contribution in [2.45, 2.75) is 25.8 Å². The number of rotatable bonds is 7. The zero-order valence-electron chi connectivity index (χ0n) is 14.7. The topological polar surface area (TPSA) is 59.5 Å². The molecule has 26 heavy (non-hydrogen) atoms. The maximum absolute atomic E-state index is 12.3. The highest BCUT2D eigenvalue weighted by molar-refractivity contribution is 7.18. The third-order valence-electron chi connectivity index (χ3n) is 4.15. The van der Waals surface area contributed by atoms with Gasteiger partial charge < -0.3 is 9.64 Å². The lowest BCUT2D eigenvalue weighted by atomic mass is 10.3. The minimum absolute atomic E-state index is 0.176. The van der Waals surface area contributed by atoms with Crippen molar-refractivity contribution in [3.05, 3.63) is 51.7 Å². The standard InChI is InChI=1S/C19H20N2O3S2/c1-13(19-20-15-7-3-4-8-16(15)26-19)21(2)17(22)12-24-18(23)10-9-14-6-5-11-25-14/h3-8,11,13H,9-10,12H2,1-2H3/t13-/m1/s1. The Balaban J connectivity index is 1.51. The Labute approximate surface area is 160 Å². The molecule has 2 heterocycles. The smallest absolute Gasteiger partial charge is 0.306 e. The first-order valence-corrected chi connectivity index (χ1v) is 10.0. The quantitative estimate of drug-likeness (QED) is 0.573. The molecule has 7 heteroatoms. The fourth-order valence-corrected chi connectivity index (χ4v) is 4.22. The highest BCUT2D eigenvalue weighted by Crippen LogP contribution is 2.28. The van der Waals surface area contributed by atoms with E-state index in [2.05, 4.69) is 4.98 Å². The van der Waals surface area contributed by atoms with E-state index in [0.717, 1.165) is 20.1 Å². The van der Waals surface area contributed by atoms with Crippen molar-refractivity contribution in [3.8, 4) is 0 Å². The van der Waals surface area contributed by atoms with Gasteiger partial charge in [-0.2, -0.15) is 0 Å². The van der Waals surface area contributed by atoms with Gasteiger partial charge in [-0.05, 0) is 36.9 Å². The molecule has 3 aromatic rings. The number of likely N-dealkylation sites (N-methyl/N-ethyl adjacent to an activating group) is 1. The van der Waals surface area contributed by atoms with Gasteiger partial charge in [-0.25, -0.2) is 4.98 Å². The molecule has 0 N–H and O–H groups in total. The van der Waals surface area contributed by atoms with Gasteiger partial charge in [0.05, 0.1) is 22.7 Å². The molecule has 0 aliphatic heterocycles.